The van der Waals surface area contributed by atoms with Crippen LogP contribution in [0.25, 0.3) is 0 Å². The minimum atomic E-state index is -0.935. The molecule has 0 heterocycles. The fraction of sp³-hybridized carbons (Fsp3) is 0.733. The molecule has 1 aromatic rings. The maximum atomic E-state index is 12.1. The molecular weight excluding hydrogens is 488 g/mol. The third-order valence-electron chi connectivity index (χ3n) is 8.03. The van der Waals surface area contributed by atoms with E-state index in [4.69, 9.17) is 19.3 Å². The van der Waals surface area contributed by atoms with Crippen LogP contribution in [0, 0.1) is 29.1 Å². The van der Waals surface area contributed by atoms with Crippen molar-refractivity contribution in [3.63, 3.8) is 0 Å². The van der Waals surface area contributed by atoms with Gasteiger partial charge in [0, 0.05) is 0 Å². The Labute approximate surface area is 226 Å². The van der Waals surface area contributed by atoms with Gasteiger partial charge in [0.1, 0.15) is 12.4 Å². The lowest BCUT2D eigenvalue weighted by atomic mass is 9.73. The molecule has 3 rings (SSSR count). The average Bonchev–Trinajstić information content (AvgIpc) is 3.14. The van der Waals surface area contributed by atoms with E-state index in [9.17, 15) is 19.8 Å². The molecule has 3 N–H and O–H groups in total. The number of aliphatic hydroxyl groups excluding tert-OH is 2. The number of esters is 1. The number of aliphatic carboxylic acids is 1. The standard InChI is InChI=1S/C30H46O8/c1-19(17-30(2,3)4)25(31)9-8-22-23-14-20-6-5-7-27(24(20)15-21(23)16-26(22)32)38-18-29(35)37-13-12-36-11-10-28(33)34/h5-7,19,21-23,25-26,31-32H,8-18H2,1-4H3,(H,33,34)/t19?,21-,22+,23-,25+,26+/m0/s1. The van der Waals surface area contributed by atoms with Gasteiger partial charge in [0.2, 0.25) is 0 Å². The summed E-state index contributed by atoms with van der Waals surface area (Å²) in [5, 5.41) is 30.3. The first-order chi connectivity index (χ1) is 17.9. The van der Waals surface area contributed by atoms with Gasteiger partial charge in [-0.25, -0.2) is 4.79 Å². The molecule has 38 heavy (non-hydrogen) atoms. The number of aliphatic hydroxyl groups is 2. The number of carbonyl (C=O) groups is 2. The highest BCUT2D eigenvalue weighted by molar-refractivity contribution is 5.71. The second-order valence-corrected chi connectivity index (χ2v) is 12.3. The Bertz CT molecular complexity index is 923. The Kier molecular flexibility index (Phi) is 11.0. The molecule has 1 saturated carbocycles. The number of fused-ring (bicyclic) bond motifs is 2. The summed E-state index contributed by atoms with van der Waals surface area (Å²) in [5.41, 5.74) is 2.48. The zero-order valence-electron chi connectivity index (χ0n) is 23.4. The molecule has 1 unspecified atom stereocenters. The zero-order chi connectivity index (χ0) is 27.9. The molecule has 6 atom stereocenters. The van der Waals surface area contributed by atoms with E-state index in [1.54, 1.807) is 0 Å². The van der Waals surface area contributed by atoms with Crippen LogP contribution in [0.3, 0.4) is 0 Å². The summed E-state index contributed by atoms with van der Waals surface area (Å²) in [6.45, 7) is 8.76. The van der Waals surface area contributed by atoms with Gasteiger partial charge in [-0.1, -0.05) is 39.8 Å². The van der Waals surface area contributed by atoms with Crippen LogP contribution in [0.15, 0.2) is 18.2 Å². The lowest BCUT2D eigenvalue weighted by Gasteiger charge is -2.33. The SMILES string of the molecule is CC(CC(C)(C)C)[C@H](O)CC[C@@H]1[C@H]2Cc3cccc(OCC(=O)OCCOCCC(=O)O)c3C[C@H]2C[C@H]1O. The van der Waals surface area contributed by atoms with Gasteiger partial charge in [-0.15, -0.1) is 0 Å². The first-order valence-corrected chi connectivity index (χ1v) is 14.0. The molecule has 8 heteroatoms. The van der Waals surface area contributed by atoms with E-state index in [0.717, 1.165) is 37.7 Å². The monoisotopic (exact) mass is 534 g/mol. The van der Waals surface area contributed by atoms with E-state index in [0.29, 0.717) is 24.0 Å². The molecule has 1 fully saturated rings. The number of carboxylic acid groups (broad SMARTS) is 1. The van der Waals surface area contributed by atoms with Crippen LogP contribution in [-0.2, 0) is 31.9 Å². The summed E-state index contributed by atoms with van der Waals surface area (Å²) in [6.07, 6.45) is 4.13. The normalized spacial score (nSPS) is 24.3. The van der Waals surface area contributed by atoms with Gasteiger partial charge in [0.25, 0.3) is 0 Å². The molecule has 2 aliphatic carbocycles. The van der Waals surface area contributed by atoms with Crippen molar-refractivity contribution in [2.75, 3.05) is 26.4 Å². The van der Waals surface area contributed by atoms with Crippen LogP contribution in [0.2, 0.25) is 0 Å². The van der Waals surface area contributed by atoms with Crippen molar-refractivity contribution in [3.8, 4) is 5.75 Å². The van der Waals surface area contributed by atoms with Crippen molar-refractivity contribution in [1.29, 1.82) is 0 Å². The molecular formula is C30H46O8. The lowest BCUT2D eigenvalue weighted by molar-refractivity contribution is -0.148. The van der Waals surface area contributed by atoms with E-state index >= 15 is 0 Å². The summed E-state index contributed by atoms with van der Waals surface area (Å²) in [4.78, 5) is 22.6. The number of ether oxygens (including phenoxy) is 3. The molecule has 0 amide bonds. The summed E-state index contributed by atoms with van der Waals surface area (Å²) in [7, 11) is 0. The molecule has 0 saturated heterocycles. The topological polar surface area (TPSA) is 123 Å². The minimum absolute atomic E-state index is 0.0431. The first-order valence-electron chi connectivity index (χ1n) is 14.0. The Morgan fingerprint density at radius 1 is 1.13 bits per heavy atom. The second-order valence-electron chi connectivity index (χ2n) is 12.3. The summed E-state index contributed by atoms with van der Waals surface area (Å²) < 4.78 is 16.1. The van der Waals surface area contributed by atoms with Gasteiger partial charge in [-0.05, 0) is 84.8 Å². The third-order valence-corrected chi connectivity index (χ3v) is 8.03. The lowest BCUT2D eigenvalue weighted by Crippen LogP contribution is -2.29. The highest BCUT2D eigenvalue weighted by Gasteiger charge is 2.45. The predicted molar refractivity (Wildman–Crippen MR) is 143 cm³/mol. The number of carboxylic acids is 1. The largest absolute Gasteiger partial charge is 0.482 e. The van der Waals surface area contributed by atoms with Crippen molar-refractivity contribution >= 4 is 11.9 Å². The van der Waals surface area contributed by atoms with E-state index < -0.39 is 11.9 Å². The van der Waals surface area contributed by atoms with Gasteiger partial charge < -0.3 is 29.5 Å². The molecule has 1 aromatic carbocycles. The number of rotatable bonds is 14. The maximum Gasteiger partial charge on any atom is 0.344 e. The number of benzene rings is 1. The summed E-state index contributed by atoms with van der Waals surface area (Å²) >= 11 is 0. The van der Waals surface area contributed by atoms with Crippen molar-refractivity contribution in [2.24, 2.45) is 29.1 Å². The fourth-order valence-corrected chi connectivity index (χ4v) is 6.34. The number of carbonyl (C=O) groups excluding carboxylic acids is 1. The summed E-state index contributed by atoms with van der Waals surface area (Å²) in [6, 6.07) is 5.92. The van der Waals surface area contributed by atoms with Crippen LogP contribution in [0.4, 0.5) is 0 Å². The number of hydrogen-bond acceptors (Lipinski definition) is 7. The smallest absolute Gasteiger partial charge is 0.344 e. The van der Waals surface area contributed by atoms with Crippen LogP contribution >= 0.6 is 0 Å². The van der Waals surface area contributed by atoms with E-state index in [1.165, 1.54) is 5.56 Å². The van der Waals surface area contributed by atoms with Crippen LogP contribution in [0.1, 0.15) is 70.9 Å². The number of hydrogen-bond donors (Lipinski definition) is 3. The highest BCUT2D eigenvalue weighted by Crippen LogP contribution is 2.48. The average molecular weight is 535 g/mol. The molecule has 0 spiro atoms. The van der Waals surface area contributed by atoms with Gasteiger partial charge in [0.05, 0.1) is 31.8 Å². The quantitative estimate of drug-likeness (QED) is 0.242. The molecule has 0 aliphatic heterocycles. The second kappa shape index (κ2) is 13.8. The van der Waals surface area contributed by atoms with Crippen LogP contribution in [0.5, 0.6) is 5.75 Å². The molecule has 214 valence electrons. The highest BCUT2D eigenvalue weighted by atomic mass is 16.6. The van der Waals surface area contributed by atoms with Crippen molar-refractivity contribution in [2.45, 2.75) is 84.8 Å². The zero-order valence-corrected chi connectivity index (χ0v) is 23.4. The van der Waals surface area contributed by atoms with Gasteiger partial charge >= 0.3 is 11.9 Å². The van der Waals surface area contributed by atoms with E-state index in [1.807, 2.05) is 12.1 Å². The van der Waals surface area contributed by atoms with Gasteiger partial charge in [0.15, 0.2) is 6.61 Å². The minimum Gasteiger partial charge on any atom is -0.482 e. The summed E-state index contributed by atoms with van der Waals surface area (Å²) in [5.74, 6) is 0.383. The van der Waals surface area contributed by atoms with Gasteiger partial charge in [-0.3, -0.25) is 4.79 Å². The molecule has 8 nitrogen and oxygen atoms in total. The maximum absolute atomic E-state index is 12.1. The predicted octanol–water partition coefficient (Wildman–Crippen LogP) is 4.03. The van der Waals surface area contributed by atoms with Gasteiger partial charge in [-0.2, -0.15) is 0 Å². The Morgan fingerprint density at radius 3 is 2.61 bits per heavy atom. The molecule has 0 aromatic heterocycles. The molecule has 2 aliphatic rings. The van der Waals surface area contributed by atoms with Crippen LogP contribution in [-0.4, -0.2) is 65.9 Å². The van der Waals surface area contributed by atoms with Crippen molar-refractivity contribution < 1.29 is 39.1 Å². The van der Waals surface area contributed by atoms with Crippen LogP contribution < -0.4 is 4.74 Å². The first kappa shape index (κ1) is 30.4. The Balaban J connectivity index is 1.50. The fourth-order valence-electron chi connectivity index (χ4n) is 6.34. The van der Waals surface area contributed by atoms with E-state index in [-0.39, 0.29) is 62.3 Å². The van der Waals surface area contributed by atoms with Crippen molar-refractivity contribution in [3.05, 3.63) is 29.3 Å². The third kappa shape index (κ3) is 8.95. The van der Waals surface area contributed by atoms with E-state index in [2.05, 4.69) is 33.8 Å². The van der Waals surface area contributed by atoms with Crippen molar-refractivity contribution in [1.82, 2.24) is 0 Å². The Morgan fingerprint density at radius 2 is 1.89 bits per heavy atom. The Hall–Kier alpha value is -2.16. The molecule has 0 bridgehead atoms. The molecule has 0 radical (unpaired) electrons.